The van der Waals surface area contributed by atoms with Gasteiger partial charge in [0.1, 0.15) is 6.04 Å². The molecule has 1 saturated heterocycles. The Labute approximate surface area is 303 Å². The highest BCUT2D eigenvalue weighted by atomic mass is 35.5. The van der Waals surface area contributed by atoms with E-state index in [0.717, 1.165) is 16.3 Å². The molecule has 15 heteroatoms. The van der Waals surface area contributed by atoms with Crippen LogP contribution in [0.15, 0.2) is 58.8 Å². The number of benzene rings is 2. The first kappa shape index (κ1) is 39.2. The summed E-state index contributed by atoms with van der Waals surface area (Å²) in [7, 11) is -4.17. The Morgan fingerprint density at radius 2 is 1.78 bits per heavy atom. The average molecular weight is 747 g/mol. The number of aliphatic hydroxyl groups is 1. The molecule has 0 aliphatic carbocycles. The third-order valence-corrected chi connectivity index (χ3v) is 11.3. The lowest BCUT2D eigenvalue weighted by molar-refractivity contribution is -0.128. The number of aromatic nitrogens is 1. The van der Waals surface area contributed by atoms with Crippen LogP contribution in [-0.4, -0.2) is 94.8 Å². The van der Waals surface area contributed by atoms with Crippen LogP contribution in [0.3, 0.4) is 0 Å². The van der Waals surface area contributed by atoms with Gasteiger partial charge in [-0.25, -0.2) is 18.2 Å². The number of sulfonamides is 1. The zero-order valence-electron chi connectivity index (χ0n) is 29.3. The Morgan fingerprint density at radius 3 is 2.36 bits per heavy atom. The normalized spacial score (nSPS) is 15.5. The molecule has 50 heavy (non-hydrogen) atoms. The number of thiazole rings is 1. The molecule has 0 bridgehead atoms. The summed E-state index contributed by atoms with van der Waals surface area (Å²) in [6.45, 7) is 11.6. The average Bonchev–Trinajstić information content (AvgIpc) is 3.61. The SMILES string of the molecule is CC(=O)Nc1ccc(S(=O)(=O)N(CC(C)C)C[C@H](O)[C@H](Cc2ccccc2)NC(=O)[C@H](C(C)C)N2CCN(Cc3csc(C)n3)C2=O)cc1Cl. The summed E-state index contributed by atoms with van der Waals surface area (Å²) in [4.78, 5) is 46.8. The largest absolute Gasteiger partial charge is 0.390 e. The Kier molecular flexibility index (Phi) is 13.4. The number of amides is 4. The minimum absolute atomic E-state index is 0.0528. The lowest BCUT2D eigenvalue weighted by atomic mass is 9.97. The van der Waals surface area contributed by atoms with Crippen molar-refractivity contribution >= 4 is 56.5 Å². The van der Waals surface area contributed by atoms with Crippen LogP contribution < -0.4 is 10.6 Å². The number of nitrogens with zero attached hydrogens (tertiary/aromatic N) is 4. The van der Waals surface area contributed by atoms with Crippen molar-refractivity contribution < 1.29 is 27.9 Å². The summed E-state index contributed by atoms with van der Waals surface area (Å²) in [5.41, 5.74) is 1.90. The second-order valence-electron chi connectivity index (χ2n) is 13.4. The lowest BCUT2D eigenvalue weighted by Crippen LogP contribution is -2.57. The smallest absolute Gasteiger partial charge is 0.321 e. The molecule has 12 nitrogen and oxygen atoms in total. The fraction of sp³-hybridized carbons (Fsp3) is 0.486. The van der Waals surface area contributed by atoms with E-state index < -0.39 is 34.1 Å². The van der Waals surface area contributed by atoms with Crippen LogP contribution in [0.4, 0.5) is 10.5 Å². The summed E-state index contributed by atoms with van der Waals surface area (Å²) in [5, 5.41) is 20.2. The number of carbonyl (C=O) groups is 3. The van der Waals surface area contributed by atoms with Gasteiger partial charge in [0.2, 0.25) is 21.8 Å². The second kappa shape index (κ2) is 17.1. The van der Waals surface area contributed by atoms with Gasteiger partial charge in [-0.3, -0.25) is 9.59 Å². The first-order valence-corrected chi connectivity index (χ1v) is 19.3. The molecule has 1 fully saturated rings. The molecule has 4 rings (SSSR count). The monoisotopic (exact) mass is 746 g/mol. The fourth-order valence-electron chi connectivity index (χ4n) is 6.02. The number of rotatable bonds is 16. The van der Waals surface area contributed by atoms with Gasteiger partial charge in [-0.15, -0.1) is 11.3 Å². The van der Waals surface area contributed by atoms with Gasteiger partial charge in [-0.2, -0.15) is 4.31 Å². The number of halogens is 1. The van der Waals surface area contributed by atoms with E-state index in [4.69, 9.17) is 11.6 Å². The maximum absolute atomic E-state index is 14.1. The van der Waals surface area contributed by atoms with Gasteiger partial charge in [0, 0.05) is 38.5 Å². The summed E-state index contributed by atoms with van der Waals surface area (Å²) >= 11 is 7.85. The molecular formula is C35H47ClN6O6S2. The number of urea groups is 1. The zero-order chi connectivity index (χ0) is 36.7. The van der Waals surface area contributed by atoms with Gasteiger partial charge in [0.15, 0.2) is 0 Å². The van der Waals surface area contributed by atoms with Crippen LogP contribution in [0.2, 0.25) is 5.02 Å². The van der Waals surface area contributed by atoms with Crippen LogP contribution >= 0.6 is 22.9 Å². The summed E-state index contributed by atoms with van der Waals surface area (Å²) in [6, 6.07) is 11.4. The van der Waals surface area contributed by atoms with Crippen LogP contribution in [0.25, 0.3) is 0 Å². The maximum atomic E-state index is 14.1. The molecule has 272 valence electrons. The zero-order valence-corrected chi connectivity index (χ0v) is 31.7. The van der Waals surface area contributed by atoms with Gasteiger partial charge < -0.3 is 25.5 Å². The molecule has 4 amide bonds. The van der Waals surface area contributed by atoms with Gasteiger partial charge in [0.05, 0.1) is 45.0 Å². The number of aryl methyl sites for hydroxylation is 1. The fourth-order valence-corrected chi connectivity index (χ4v) is 8.56. The molecule has 1 aliphatic rings. The number of hydrogen-bond acceptors (Lipinski definition) is 8. The highest BCUT2D eigenvalue weighted by Crippen LogP contribution is 2.28. The summed E-state index contributed by atoms with van der Waals surface area (Å²) in [6.07, 6.45) is -1.11. The van der Waals surface area contributed by atoms with Crippen LogP contribution in [0.5, 0.6) is 0 Å². The van der Waals surface area contributed by atoms with Crippen molar-refractivity contribution in [2.24, 2.45) is 11.8 Å². The van der Waals surface area contributed by atoms with E-state index in [1.807, 2.05) is 70.3 Å². The quantitative estimate of drug-likeness (QED) is 0.191. The minimum Gasteiger partial charge on any atom is -0.390 e. The third kappa shape index (κ3) is 10.0. The molecule has 0 saturated carbocycles. The number of carbonyl (C=O) groups excluding carboxylic acids is 3. The lowest BCUT2D eigenvalue weighted by Gasteiger charge is -2.34. The van der Waals surface area contributed by atoms with Gasteiger partial charge in [-0.1, -0.05) is 69.6 Å². The van der Waals surface area contributed by atoms with E-state index in [-0.39, 0.29) is 58.9 Å². The maximum Gasteiger partial charge on any atom is 0.321 e. The molecule has 3 aromatic rings. The molecule has 0 spiro atoms. The van der Waals surface area contributed by atoms with E-state index in [9.17, 15) is 27.9 Å². The van der Waals surface area contributed by atoms with Crippen LogP contribution in [0.1, 0.15) is 50.9 Å². The molecule has 1 aromatic heterocycles. The van der Waals surface area contributed by atoms with Crippen molar-refractivity contribution in [1.82, 2.24) is 24.4 Å². The molecule has 0 radical (unpaired) electrons. The second-order valence-corrected chi connectivity index (χ2v) is 16.8. The van der Waals surface area contributed by atoms with E-state index >= 15 is 0 Å². The highest BCUT2D eigenvalue weighted by molar-refractivity contribution is 7.89. The van der Waals surface area contributed by atoms with E-state index in [2.05, 4.69) is 15.6 Å². The summed E-state index contributed by atoms with van der Waals surface area (Å²) < 4.78 is 29.2. The molecular weight excluding hydrogens is 700 g/mol. The molecule has 3 atom stereocenters. The molecule has 3 N–H and O–H groups in total. The Balaban J connectivity index is 1.58. The van der Waals surface area contributed by atoms with Gasteiger partial charge >= 0.3 is 6.03 Å². The predicted octanol–water partition coefficient (Wildman–Crippen LogP) is 4.76. The van der Waals surface area contributed by atoms with Gasteiger partial charge in [0.25, 0.3) is 0 Å². The van der Waals surface area contributed by atoms with Crippen molar-refractivity contribution in [1.29, 1.82) is 0 Å². The molecule has 2 aromatic carbocycles. The third-order valence-electron chi connectivity index (χ3n) is 8.32. The Bertz CT molecular complexity index is 1750. The highest BCUT2D eigenvalue weighted by Gasteiger charge is 2.40. The number of anilines is 1. The standard InChI is InChI=1S/C35H47ClN6O6S2/c1-22(2)18-41(50(47,48)28-12-13-30(29(36)17-28)37-24(5)43)20-32(44)31(16-26-10-8-7-9-11-26)39-34(45)33(23(3)4)42-15-14-40(35(42)46)19-27-21-49-25(6)38-27/h7-13,17,21-23,31-33,44H,14-16,18-20H2,1-6H3,(H,37,43)(H,39,45)/t31-,32-,33-/m0/s1. The van der Waals surface area contributed by atoms with E-state index in [1.165, 1.54) is 40.8 Å². The first-order chi connectivity index (χ1) is 23.6. The number of hydrogen-bond donors (Lipinski definition) is 3. The topological polar surface area (TPSA) is 152 Å². The molecule has 2 heterocycles. The summed E-state index contributed by atoms with van der Waals surface area (Å²) in [5.74, 6) is -1.14. The van der Waals surface area contributed by atoms with E-state index in [1.54, 1.807) is 9.80 Å². The minimum atomic E-state index is -4.17. The number of aliphatic hydroxyl groups excluding tert-OH is 1. The predicted molar refractivity (Wildman–Crippen MR) is 195 cm³/mol. The molecule has 0 unspecified atom stereocenters. The van der Waals surface area contributed by atoms with Crippen molar-refractivity contribution in [3.05, 3.63) is 75.2 Å². The van der Waals surface area contributed by atoms with Crippen molar-refractivity contribution in [3.63, 3.8) is 0 Å². The van der Waals surface area contributed by atoms with E-state index in [0.29, 0.717) is 19.6 Å². The Hall–Kier alpha value is -3.56. The van der Waals surface area contributed by atoms with Crippen LogP contribution in [0, 0.1) is 18.8 Å². The van der Waals surface area contributed by atoms with Crippen LogP contribution in [-0.2, 0) is 32.6 Å². The van der Waals surface area contributed by atoms with Gasteiger partial charge in [-0.05, 0) is 48.9 Å². The van der Waals surface area contributed by atoms with Crippen molar-refractivity contribution in [2.75, 3.05) is 31.5 Å². The Morgan fingerprint density at radius 1 is 1.08 bits per heavy atom. The van der Waals surface area contributed by atoms with Crippen molar-refractivity contribution in [3.8, 4) is 0 Å². The molecule has 1 aliphatic heterocycles. The van der Waals surface area contributed by atoms with Crippen molar-refractivity contribution in [2.45, 2.75) is 77.6 Å². The first-order valence-electron chi connectivity index (χ1n) is 16.6. The number of nitrogens with one attached hydrogen (secondary N) is 2.